The van der Waals surface area contributed by atoms with Crippen molar-refractivity contribution in [2.75, 3.05) is 6.54 Å². The topological polar surface area (TPSA) is 41.1 Å². The number of amides is 1. The Kier molecular flexibility index (Phi) is 4.41. The van der Waals surface area contributed by atoms with Crippen LogP contribution in [0.1, 0.15) is 28.6 Å². The Morgan fingerprint density at radius 3 is 2.90 bits per heavy atom. The molecule has 2 aromatic rings. The molecule has 0 spiro atoms. The van der Waals surface area contributed by atoms with Gasteiger partial charge < -0.3 is 5.32 Å². The monoisotopic (exact) mass is 326 g/mol. The van der Waals surface area contributed by atoms with Gasteiger partial charge in [0.25, 0.3) is 0 Å². The number of hydrogen-bond acceptors (Lipinski definition) is 4. The summed E-state index contributed by atoms with van der Waals surface area (Å²) in [6.45, 7) is 0.783. The molecule has 0 radical (unpaired) electrons. The number of halogens is 1. The lowest BCUT2D eigenvalue weighted by atomic mass is 10.0. The number of thiophene rings is 2. The van der Waals surface area contributed by atoms with Crippen molar-refractivity contribution in [3.8, 4) is 0 Å². The summed E-state index contributed by atoms with van der Waals surface area (Å²) < 4.78 is 0.774. The van der Waals surface area contributed by atoms with Gasteiger partial charge in [-0.05, 0) is 36.4 Å². The zero-order valence-electron chi connectivity index (χ0n) is 10.8. The van der Waals surface area contributed by atoms with E-state index in [2.05, 4.69) is 22.1 Å². The van der Waals surface area contributed by atoms with Crippen molar-refractivity contribution in [2.24, 2.45) is 0 Å². The van der Waals surface area contributed by atoms with E-state index in [1.165, 1.54) is 4.88 Å². The number of carbonyl (C=O) groups excluding carboxylic acids is 1. The van der Waals surface area contributed by atoms with Crippen molar-refractivity contribution >= 4 is 40.2 Å². The Morgan fingerprint density at radius 2 is 2.25 bits per heavy atom. The van der Waals surface area contributed by atoms with E-state index in [9.17, 15) is 4.79 Å². The maximum atomic E-state index is 11.9. The molecule has 2 unspecified atom stereocenters. The molecular weight excluding hydrogens is 312 g/mol. The molecule has 6 heteroatoms. The Morgan fingerprint density at radius 1 is 1.35 bits per heavy atom. The molecule has 3 heterocycles. The summed E-state index contributed by atoms with van der Waals surface area (Å²) >= 11 is 9.31. The van der Waals surface area contributed by atoms with Gasteiger partial charge >= 0.3 is 0 Å². The Hall–Kier alpha value is -0.880. The average molecular weight is 327 g/mol. The highest BCUT2D eigenvalue weighted by Gasteiger charge is 2.27. The largest absolute Gasteiger partial charge is 0.355 e. The fraction of sp³-hybridized carbons (Fsp3) is 0.357. The maximum absolute atomic E-state index is 11.9. The molecule has 20 heavy (non-hydrogen) atoms. The molecule has 1 aliphatic heterocycles. The second-order valence-electron chi connectivity index (χ2n) is 4.74. The van der Waals surface area contributed by atoms with E-state index in [0.29, 0.717) is 0 Å². The molecule has 2 N–H and O–H groups in total. The Bertz CT molecular complexity index is 582. The number of rotatable bonds is 4. The molecule has 2 aromatic heterocycles. The van der Waals surface area contributed by atoms with Crippen LogP contribution in [0.15, 0.2) is 29.6 Å². The molecule has 1 amide bonds. The van der Waals surface area contributed by atoms with Gasteiger partial charge in [0.05, 0.1) is 16.4 Å². The summed E-state index contributed by atoms with van der Waals surface area (Å²) in [5.41, 5.74) is 0. The van der Waals surface area contributed by atoms with E-state index in [-0.39, 0.29) is 18.0 Å². The standard InChI is InChI=1S/C14H15ClN2OS2/c15-12-6-5-11(20-12)13(10-4-2-8-19-10)17-9-3-1-7-16-14(9)18/h2,4-6,8-9,13,17H,1,3,7H2,(H,16,18). The molecule has 1 fully saturated rings. The molecule has 3 nitrogen and oxygen atoms in total. The maximum Gasteiger partial charge on any atom is 0.237 e. The third-order valence-corrected chi connectivity index (χ3v) is 5.59. The van der Waals surface area contributed by atoms with Crippen LogP contribution in [0.25, 0.3) is 0 Å². The van der Waals surface area contributed by atoms with Crippen molar-refractivity contribution < 1.29 is 4.79 Å². The van der Waals surface area contributed by atoms with Crippen LogP contribution in [-0.2, 0) is 4.79 Å². The van der Waals surface area contributed by atoms with E-state index >= 15 is 0 Å². The first-order valence-electron chi connectivity index (χ1n) is 6.56. The second kappa shape index (κ2) is 6.26. The van der Waals surface area contributed by atoms with Crippen LogP contribution in [0.2, 0.25) is 4.34 Å². The molecule has 1 aliphatic rings. The molecule has 1 saturated heterocycles. The van der Waals surface area contributed by atoms with Gasteiger partial charge in [0.2, 0.25) is 5.91 Å². The predicted molar refractivity (Wildman–Crippen MR) is 84.7 cm³/mol. The minimum absolute atomic E-state index is 0.0429. The van der Waals surface area contributed by atoms with E-state index < -0.39 is 0 Å². The van der Waals surface area contributed by atoms with Gasteiger partial charge in [-0.25, -0.2) is 0 Å². The van der Waals surface area contributed by atoms with Crippen LogP contribution in [0.5, 0.6) is 0 Å². The first-order valence-corrected chi connectivity index (χ1v) is 8.64. The van der Waals surface area contributed by atoms with Gasteiger partial charge in [-0.1, -0.05) is 17.7 Å². The van der Waals surface area contributed by atoms with Crippen molar-refractivity contribution in [1.82, 2.24) is 10.6 Å². The summed E-state index contributed by atoms with van der Waals surface area (Å²) in [6, 6.07) is 7.98. The fourth-order valence-electron chi connectivity index (χ4n) is 2.38. The van der Waals surface area contributed by atoms with Crippen LogP contribution in [0, 0.1) is 0 Å². The highest BCUT2D eigenvalue weighted by Crippen LogP contribution is 2.33. The summed E-state index contributed by atoms with van der Waals surface area (Å²) in [6.07, 6.45) is 1.90. The first-order chi connectivity index (χ1) is 9.74. The molecule has 0 aromatic carbocycles. The SMILES string of the molecule is O=C1NCCCC1NC(c1cccs1)c1ccc(Cl)s1. The molecule has 0 saturated carbocycles. The van der Waals surface area contributed by atoms with Gasteiger partial charge in [-0.2, -0.15) is 0 Å². The third kappa shape index (κ3) is 3.06. The molecule has 2 atom stereocenters. The second-order valence-corrected chi connectivity index (χ2v) is 7.47. The van der Waals surface area contributed by atoms with Crippen molar-refractivity contribution in [2.45, 2.75) is 24.9 Å². The Balaban J connectivity index is 1.84. The van der Waals surface area contributed by atoms with Crippen molar-refractivity contribution in [3.05, 3.63) is 43.7 Å². The van der Waals surface area contributed by atoms with Crippen LogP contribution < -0.4 is 10.6 Å². The smallest absolute Gasteiger partial charge is 0.237 e. The van der Waals surface area contributed by atoms with Crippen molar-refractivity contribution in [3.63, 3.8) is 0 Å². The molecular formula is C14H15ClN2OS2. The van der Waals surface area contributed by atoms with Crippen LogP contribution in [-0.4, -0.2) is 18.5 Å². The minimum Gasteiger partial charge on any atom is -0.355 e. The van der Waals surface area contributed by atoms with Crippen LogP contribution in [0.3, 0.4) is 0 Å². The molecule has 0 aliphatic carbocycles. The first kappa shape index (κ1) is 14.1. The zero-order chi connectivity index (χ0) is 13.9. The number of carbonyl (C=O) groups is 1. The fourth-order valence-corrected chi connectivity index (χ4v) is 4.39. The van der Waals surface area contributed by atoms with Gasteiger partial charge in [-0.15, -0.1) is 22.7 Å². The summed E-state index contributed by atoms with van der Waals surface area (Å²) in [7, 11) is 0. The number of nitrogens with one attached hydrogen (secondary N) is 2. The van der Waals surface area contributed by atoms with Crippen molar-refractivity contribution in [1.29, 1.82) is 0 Å². The lowest BCUT2D eigenvalue weighted by Crippen LogP contribution is -2.49. The van der Waals surface area contributed by atoms with Gasteiger partial charge in [0.1, 0.15) is 0 Å². The van der Waals surface area contributed by atoms with E-state index in [4.69, 9.17) is 11.6 Å². The molecule has 106 valence electrons. The normalized spacial score (nSPS) is 20.6. The summed E-state index contributed by atoms with van der Waals surface area (Å²) in [5.74, 6) is 0.0976. The van der Waals surface area contributed by atoms with Crippen LogP contribution in [0.4, 0.5) is 0 Å². The lowest BCUT2D eigenvalue weighted by molar-refractivity contribution is -0.124. The molecule has 3 rings (SSSR count). The van der Waals surface area contributed by atoms with Crippen LogP contribution >= 0.6 is 34.3 Å². The summed E-state index contributed by atoms with van der Waals surface area (Å²) in [4.78, 5) is 14.3. The quantitative estimate of drug-likeness (QED) is 0.904. The van der Waals surface area contributed by atoms with Gasteiger partial charge in [0.15, 0.2) is 0 Å². The number of hydrogen-bond donors (Lipinski definition) is 2. The average Bonchev–Trinajstić information content (AvgIpc) is 3.09. The van der Waals surface area contributed by atoms with E-state index in [1.807, 2.05) is 18.2 Å². The minimum atomic E-state index is -0.128. The zero-order valence-corrected chi connectivity index (χ0v) is 13.2. The van der Waals surface area contributed by atoms with Gasteiger partial charge in [0, 0.05) is 16.3 Å². The third-order valence-electron chi connectivity index (χ3n) is 3.36. The van der Waals surface area contributed by atoms with Gasteiger partial charge in [-0.3, -0.25) is 10.1 Å². The highest BCUT2D eigenvalue weighted by atomic mass is 35.5. The summed E-state index contributed by atoms with van der Waals surface area (Å²) in [5, 5.41) is 8.46. The predicted octanol–water partition coefficient (Wildman–Crippen LogP) is 3.42. The highest BCUT2D eigenvalue weighted by molar-refractivity contribution is 7.16. The molecule has 0 bridgehead atoms. The lowest BCUT2D eigenvalue weighted by Gasteiger charge is -2.27. The van der Waals surface area contributed by atoms with E-state index in [0.717, 1.165) is 28.6 Å². The number of piperidine rings is 1. The van der Waals surface area contributed by atoms with E-state index in [1.54, 1.807) is 22.7 Å². The Labute approximate surface area is 131 Å².